The van der Waals surface area contributed by atoms with Crippen molar-refractivity contribution < 1.29 is 9.21 Å². The summed E-state index contributed by atoms with van der Waals surface area (Å²) in [7, 11) is 0. The summed E-state index contributed by atoms with van der Waals surface area (Å²) in [6.45, 7) is 1.88. The van der Waals surface area contributed by atoms with Gasteiger partial charge in [0.2, 0.25) is 0 Å². The maximum atomic E-state index is 11.8. The Kier molecular flexibility index (Phi) is 4.14. The number of amides is 1. The molecule has 0 saturated heterocycles. The van der Waals surface area contributed by atoms with Gasteiger partial charge in [-0.2, -0.15) is 5.10 Å². The third-order valence-corrected chi connectivity index (χ3v) is 2.92. The van der Waals surface area contributed by atoms with Gasteiger partial charge < -0.3 is 4.42 Å². The van der Waals surface area contributed by atoms with Gasteiger partial charge in [-0.1, -0.05) is 18.2 Å². The molecule has 0 atom stereocenters. The van der Waals surface area contributed by atoms with E-state index in [1.54, 1.807) is 12.1 Å². The number of carbonyl (C=O) groups is 1. The molecule has 0 bridgehead atoms. The maximum absolute atomic E-state index is 11.8. The lowest BCUT2D eigenvalue weighted by atomic mass is 10.1. The van der Waals surface area contributed by atoms with Gasteiger partial charge in [-0.3, -0.25) is 4.79 Å². The quantitative estimate of drug-likeness (QED) is 0.524. The first kappa shape index (κ1) is 12.8. The van der Waals surface area contributed by atoms with Crippen LogP contribution in [0.2, 0.25) is 0 Å². The fourth-order valence-corrected chi connectivity index (χ4v) is 1.87. The second-order valence-corrected chi connectivity index (χ2v) is 4.72. The number of nitrogens with one attached hydrogen (secondary N) is 1. The van der Waals surface area contributed by atoms with Crippen molar-refractivity contribution in [3.8, 4) is 0 Å². The maximum Gasteiger partial charge on any atom is 0.271 e. The molecule has 92 valence electrons. The Balaban J connectivity index is 2.01. The van der Waals surface area contributed by atoms with Gasteiger partial charge in [0.25, 0.3) is 5.91 Å². The molecule has 0 unspecified atom stereocenters. The fourth-order valence-electron chi connectivity index (χ4n) is 1.44. The lowest BCUT2D eigenvalue weighted by molar-refractivity contribution is 0.0954. The number of benzene rings is 1. The molecule has 5 heteroatoms. The molecule has 0 saturated carbocycles. The van der Waals surface area contributed by atoms with Gasteiger partial charge >= 0.3 is 0 Å². The van der Waals surface area contributed by atoms with Crippen LogP contribution in [0.25, 0.3) is 0 Å². The number of carbonyl (C=O) groups excluding carboxylic acids is 1. The zero-order valence-electron chi connectivity index (χ0n) is 9.68. The molecule has 4 nitrogen and oxygen atoms in total. The Morgan fingerprint density at radius 1 is 1.33 bits per heavy atom. The second kappa shape index (κ2) is 5.81. The molecule has 1 aromatic heterocycles. The van der Waals surface area contributed by atoms with E-state index in [-0.39, 0.29) is 5.91 Å². The van der Waals surface area contributed by atoms with E-state index >= 15 is 0 Å². The van der Waals surface area contributed by atoms with E-state index in [0.29, 0.717) is 11.3 Å². The number of hydrogen-bond donors (Lipinski definition) is 1. The van der Waals surface area contributed by atoms with E-state index in [0.717, 1.165) is 9.33 Å². The Bertz CT molecular complexity index is 590. The minimum Gasteiger partial charge on any atom is -0.449 e. The van der Waals surface area contributed by atoms with Crippen LogP contribution in [0.3, 0.4) is 0 Å². The molecule has 18 heavy (non-hydrogen) atoms. The second-order valence-electron chi connectivity index (χ2n) is 3.66. The molecular formula is C13H11IN2O2. The average molecular weight is 354 g/mol. The highest BCUT2D eigenvalue weighted by Gasteiger charge is 2.06. The van der Waals surface area contributed by atoms with Crippen molar-refractivity contribution in [2.45, 2.75) is 6.92 Å². The third-order valence-electron chi connectivity index (χ3n) is 2.34. The van der Waals surface area contributed by atoms with E-state index in [1.165, 1.54) is 6.21 Å². The zero-order valence-corrected chi connectivity index (χ0v) is 11.8. The van der Waals surface area contributed by atoms with Crippen LogP contribution in [0, 0.1) is 10.7 Å². The summed E-state index contributed by atoms with van der Waals surface area (Å²) in [6, 6.07) is 11.0. The molecule has 1 heterocycles. The average Bonchev–Trinajstić information content (AvgIpc) is 2.75. The molecule has 1 N–H and O–H groups in total. The summed E-state index contributed by atoms with van der Waals surface area (Å²) in [6.07, 6.45) is 1.47. The van der Waals surface area contributed by atoms with Gasteiger partial charge in [-0.15, -0.1) is 0 Å². The molecule has 0 radical (unpaired) electrons. The Labute approximate surface area is 118 Å². The number of halogens is 1. The van der Waals surface area contributed by atoms with Crippen LogP contribution in [-0.4, -0.2) is 12.1 Å². The number of hydrogen-bond acceptors (Lipinski definition) is 3. The molecule has 1 amide bonds. The Morgan fingerprint density at radius 2 is 2.11 bits per heavy atom. The SMILES string of the molecule is Cc1ccccc1C(=O)N/N=C\c1ccc(I)o1. The standard InChI is InChI=1S/C13H11IN2O2/c1-9-4-2-3-5-11(9)13(17)16-15-8-10-6-7-12(14)18-10/h2-8H,1H3,(H,16,17)/b15-8-. The third kappa shape index (κ3) is 3.19. The van der Waals surface area contributed by atoms with E-state index in [2.05, 4.69) is 33.1 Å². The molecule has 1 aromatic carbocycles. The largest absolute Gasteiger partial charge is 0.449 e. The van der Waals surface area contributed by atoms with Gasteiger partial charge in [-0.05, 0) is 53.3 Å². The molecule has 0 aliphatic heterocycles. The summed E-state index contributed by atoms with van der Waals surface area (Å²) >= 11 is 2.06. The Morgan fingerprint density at radius 3 is 2.78 bits per heavy atom. The summed E-state index contributed by atoms with van der Waals surface area (Å²) in [4.78, 5) is 11.8. The van der Waals surface area contributed by atoms with Gasteiger partial charge in [0.15, 0.2) is 3.77 Å². The smallest absolute Gasteiger partial charge is 0.271 e. The van der Waals surface area contributed by atoms with Crippen LogP contribution < -0.4 is 5.43 Å². The highest BCUT2D eigenvalue weighted by molar-refractivity contribution is 14.1. The summed E-state index contributed by atoms with van der Waals surface area (Å²) in [5.74, 6) is 0.370. The predicted octanol–water partition coefficient (Wildman–Crippen LogP) is 2.96. The monoisotopic (exact) mass is 354 g/mol. The van der Waals surface area contributed by atoms with Gasteiger partial charge in [0.1, 0.15) is 5.76 Å². The molecule has 0 spiro atoms. The minimum atomic E-state index is -0.231. The van der Waals surface area contributed by atoms with Crippen LogP contribution in [0.4, 0.5) is 0 Å². The molecular weight excluding hydrogens is 343 g/mol. The topological polar surface area (TPSA) is 54.6 Å². The highest BCUT2D eigenvalue weighted by Crippen LogP contribution is 2.08. The lowest BCUT2D eigenvalue weighted by Gasteiger charge is -2.02. The Hall–Kier alpha value is -1.63. The van der Waals surface area contributed by atoms with Crippen LogP contribution in [0.5, 0.6) is 0 Å². The van der Waals surface area contributed by atoms with Gasteiger partial charge in [0, 0.05) is 5.56 Å². The van der Waals surface area contributed by atoms with Crippen molar-refractivity contribution in [1.29, 1.82) is 0 Å². The lowest BCUT2D eigenvalue weighted by Crippen LogP contribution is -2.18. The van der Waals surface area contributed by atoms with Crippen molar-refractivity contribution in [2.75, 3.05) is 0 Å². The normalized spacial score (nSPS) is 10.8. The highest BCUT2D eigenvalue weighted by atomic mass is 127. The summed E-state index contributed by atoms with van der Waals surface area (Å²) in [5, 5.41) is 3.85. The van der Waals surface area contributed by atoms with Gasteiger partial charge in [0.05, 0.1) is 6.21 Å². The van der Waals surface area contributed by atoms with Gasteiger partial charge in [-0.25, -0.2) is 5.43 Å². The number of hydrazone groups is 1. The molecule has 2 aromatic rings. The predicted molar refractivity (Wildman–Crippen MR) is 77.7 cm³/mol. The first-order valence-corrected chi connectivity index (χ1v) is 6.39. The molecule has 0 aliphatic rings. The summed E-state index contributed by atoms with van der Waals surface area (Å²) < 4.78 is 6.06. The van der Waals surface area contributed by atoms with Crippen molar-refractivity contribution in [3.05, 3.63) is 57.1 Å². The minimum absolute atomic E-state index is 0.231. The first-order chi connectivity index (χ1) is 8.66. The zero-order chi connectivity index (χ0) is 13.0. The van der Waals surface area contributed by atoms with E-state index in [9.17, 15) is 4.79 Å². The van der Waals surface area contributed by atoms with E-state index in [4.69, 9.17) is 4.42 Å². The van der Waals surface area contributed by atoms with Crippen LogP contribution in [-0.2, 0) is 0 Å². The van der Waals surface area contributed by atoms with E-state index in [1.807, 2.05) is 31.2 Å². The van der Waals surface area contributed by atoms with Crippen LogP contribution in [0.1, 0.15) is 21.7 Å². The number of nitrogens with zero attached hydrogens (tertiary/aromatic N) is 1. The van der Waals surface area contributed by atoms with Crippen molar-refractivity contribution in [1.82, 2.24) is 5.43 Å². The molecule has 0 fully saturated rings. The number of furan rings is 1. The number of rotatable bonds is 3. The summed E-state index contributed by atoms with van der Waals surface area (Å²) in [5.41, 5.74) is 3.99. The van der Waals surface area contributed by atoms with Crippen molar-refractivity contribution >= 4 is 34.7 Å². The van der Waals surface area contributed by atoms with Crippen LogP contribution >= 0.6 is 22.6 Å². The van der Waals surface area contributed by atoms with E-state index < -0.39 is 0 Å². The van der Waals surface area contributed by atoms with Crippen molar-refractivity contribution in [3.63, 3.8) is 0 Å². The first-order valence-electron chi connectivity index (χ1n) is 5.31. The fraction of sp³-hybridized carbons (Fsp3) is 0.0769. The number of aryl methyl sites for hydroxylation is 1. The molecule has 2 rings (SSSR count). The van der Waals surface area contributed by atoms with Crippen molar-refractivity contribution in [2.24, 2.45) is 5.10 Å². The molecule has 0 aliphatic carbocycles. The van der Waals surface area contributed by atoms with Crippen LogP contribution in [0.15, 0.2) is 45.9 Å².